The molecule has 1 rings (SSSR count). The van der Waals surface area contributed by atoms with E-state index in [0.29, 0.717) is 6.42 Å². The molecule has 22 heavy (non-hydrogen) atoms. The van der Waals surface area contributed by atoms with Gasteiger partial charge in [-0.3, -0.25) is 0 Å². The number of hydrogen-bond acceptors (Lipinski definition) is 3. The molecule has 6 heteroatoms. The molecule has 0 unspecified atom stereocenters. The van der Waals surface area contributed by atoms with Gasteiger partial charge >= 0.3 is 12.1 Å². The molecule has 0 radical (unpaired) electrons. The number of carbonyl (C=O) groups excluding carboxylic acids is 1. The van der Waals surface area contributed by atoms with Crippen molar-refractivity contribution in [3.63, 3.8) is 0 Å². The highest BCUT2D eigenvalue weighted by atomic mass is 19.1. The number of hydrogen-bond donors (Lipinski definition) is 2. The summed E-state index contributed by atoms with van der Waals surface area (Å²) >= 11 is 0. The first-order valence-electron chi connectivity index (χ1n) is 6.67. The summed E-state index contributed by atoms with van der Waals surface area (Å²) < 4.78 is 18.1. The van der Waals surface area contributed by atoms with E-state index >= 15 is 0 Å². The van der Waals surface area contributed by atoms with E-state index in [2.05, 4.69) is 17.2 Å². The molecule has 0 spiro atoms. The zero-order valence-corrected chi connectivity index (χ0v) is 12.7. The van der Waals surface area contributed by atoms with E-state index < -0.39 is 23.5 Å². The number of aromatic carboxylic acids is 1. The van der Waals surface area contributed by atoms with Crippen LogP contribution >= 0.6 is 0 Å². The summed E-state index contributed by atoms with van der Waals surface area (Å²) in [5.41, 5.74) is -0.529. The third kappa shape index (κ3) is 6.27. The Morgan fingerprint density at radius 2 is 2.05 bits per heavy atom. The largest absolute Gasteiger partial charge is 0.478 e. The van der Waals surface area contributed by atoms with Crippen LogP contribution in [0.3, 0.4) is 0 Å². The number of ether oxygens (including phenoxy) is 1. The molecular formula is C16H18FNO4. The zero-order valence-electron chi connectivity index (χ0n) is 12.7. The minimum Gasteiger partial charge on any atom is -0.478 e. The summed E-state index contributed by atoms with van der Waals surface area (Å²) in [4.78, 5) is 22.3. The van der Waals surface area contributed by atoms with Crippen LogP contribution in [0.4, 0.5) is 9.18 Å². The van der Waals surface area contributed by atoms with Gasteiger partial charge in [-0.2, -0.15) is 0 Å². The van der Waals surface area contributed by atoms with Gasteiger partial charge < -0.3 is 15.2 Å². The molecule has 1 aromatic rings. The molecule has 0 saturated carbocycles. The van der Waals surface area contributed by atoms with Crippen LogP contribution in [0, 0.1) is 17.7 Å². The van der Waals surface area contributed by atoms with Crippen molar-refractivity contribution in [2.24, 2.45) is 0 Å². The number of carboxylic acids is 1. The molecule has 0 aliphatic rings. The second kappa shape index (κ2) is 7.46. The SMILES string of the molecule is CC(C)(C)OC(=O)NCCC#Cc1ccc(F)cc1C(=O)O. The molecule has 2 N–H and O–H groups in total. The average molecular weight is 307 g/mol. The normalized spacial score (nSPS) is 10.4. The molecule has 0 saturated heterocycles. The second-order valence-corrected chi connectivity index (χ2v) is 5.48. The Hall–Kier alpha value is -2.55. The van der Waals surface area contributed by atoms with Gasteiger partial charge in [0.2, 0.25) is 0 Å². The second-order valence-electron chi connectivity index (χ2n) is 5.48. The van der Waals surface area contributed by atoms with Crippen LogP contribution in [0.1, 0.15) is 43.1 Å². The Morgan fingerprint density at radius 1 is 1.36 bits per heavy atom. The Balaban J connectivity index is 2.55. The van der Waals surface area contributed by atoms with Crippen molar-refractivity contribution in [2.45, 2.75) is 32.8 Å². The van der Waals surface area contributed by atoms with E-state index in [0.717, 1.165) is 12.1 Å². The lowest BCUT2D eigenvalue weighted by atomic mass is 10.1. The molecule has 118 valence electrons. The van der Waals surface area contributed by atoms with Crippen LogP contribution in [0.15, 0.2) is 18.2 Å². The summed E-state index contributed by atoms with van der Waals surface area (Å²) in [6.45, 7) is 5.54. The number of halogens is 1. The standard InChI is InChI=1S/C16H18FNO4/c1-16(2,3)22-15(21)18-9-5-4-6-11-7-8-12(17)10-13(11)14(19)20/h7-8,10H,5,9H2,1-3H3,(H,18,21)(H,19,20). The predicted molar refractivity (Wildman–Crippen MR) is 79.1 cm³/mol. The smallest absolute Gasteiger partial charge is 0.407 e. The van der Waals surface area contributed by atoms with Gasteiger partial charge in [-0.25, -0.2) is 14.0 Å². The van der Waals surface area contributed by atoms with E-state index in [-0.39, 0.29) is 17.7 Å². The van der Waals surface area contributed by atoms with Crippen molar-refractivity contribution < 1.29 is 23.8 Å². The number of alkyl carbamates (subject to hydrolysis) is 1. The number of nitrogens with one attached hydrogen (secondary N) is 1. The van der Waals surface area contributed by atoms with Crippen LogP contribution in [-0.4, -0.2) is 29.3 Å². The minimum absolute atomic E-state index is 0.187. The highest BCUT2D eigenvalue weighted by Crippen LogP contribution is 2.10. The van der Waals surface area contributed by atoms with Crippen molar-refractivity contribution in [2.75, 3.05) is 6.54 Å². The third-order valence-corrected chi connectivity index (χ3v) is 2.35. The van der Waals surface area contributed by atoms with E-state index in [1.807, 2.05) is 0 Å². The van der Waals surface area contributed by atoms with Crippen LogP contribution in [0.25, 0.3) is 0 Å². The highest BCUT2D eigenvalue weighted by molar-refractivity contribution is 5.90. The lowest BCUT2D eigenvalue weighted by Gasteiger charge is -2.19. The van der Waals surface area contributed by atoms with E-state index in [1.54, 1.807) is 20.8 Å². The molecule has 1 amide bonds. The third-order valence-electron chi connectivity index (χ3n) is 2.35. The molecule has 5 nitrogen and oxygen atoms in total. The molecule has 0 bridgehead atoms. The highest BCUT2D eigenvalue weighted by Gasteiger charge is 2.15. The summed E-state index contributed by atoms with van der Waals surface area (Å²) in [6, 6.07) is 3.38. The van der Waals surface area contributed by atoms with Gasteiger partial charge in [-0.05, 0) is 39.0 Å². The molecule has 0 atom stereocenters. The maximum atomic E-state index is 13.0. The molecule has 0 fully saturated rings. The Morgan fingerprint density at radius 3 is 2.64 bits per heavy atom. The van der Waals surface area contributed by atoms with Gasteiger partial charge in [0.15, 0.2) is 0 Å². The fraction of sp³-hybridized carbons (Fsp3) is 0.375. The fourth-order valence-electron chi connectivity index (χ4n) is 1.50. The Kier molecular flexibility index (Phi) is 5.93. The van der Waals surface area contributed by atoms with Crippen molar-refractivity contribution in [1.29, 1.82) is 0 Å². The number of amides is 1. The monoisotopic (exact) mass is 307 g/mol. The topological polar surface area (TPSA) is 75.6 Å². The zero-order chi connectivity index (χ0) is 16.8. The fourth-order valence-corrected chi connectivity index (χ4v) is 1.50. The van der Waals surface area contributed by atoms with Gasteiger partial charge in [0, 0.05) is 18.5 Å². The van der Waals surface area contributed by atoms with Crippen LogP contribution in [-0.2, 0) is 4.74 Å². The van der Waals surface area contributed by atoms with E-state index in [9.17, 15) is 14.0 Å². The van der Waals surface area contributed by atoms with Crippen molar-refractivity contribution in [3.8, 4) is 11.8 Å². The van der Waals surface area contributed by atoms with Gasteiger partial charge in [-0.1, -0.05) is 11.8 Å². The van der Waals surface area contributed by atoms with Crippen molar-refractivity contribution >= 4 is 12.1 Å². The quantitative estimate of drug-likeness (QED) is 0.665. The van der Waals surface area contributed by atoms with Gasteiger partial charge in [0.25, 0.3) is 0 Å². The average Bonchev–Trinajstić information content (AvgIpc) is 2.37. The van der Waals surface area contributed by atoms with Crippen LogP contribution < -0.4 is 5.32 Å². The molecular weight excluding hydrogens is 289 g/mol. The first-order chi connectivity index (χ1) is 10.2. The first-order valence-corrected chi connectivity index (χ1v) is 6.67. The summed E-state index contributed by atoms with van der Waals surface area (Å²) in [5, 5.41) is 11.5. The maximum absolute atomic E-state index is 13.0. The maximum Gasteiger partial charge on any atom is 0.407 e. The van der Waals surface area contributed by atoms with Gasteiger partial charge in [-0.15, -0.1) is 0 Å². The van der Waals surface area contributed by atoms with Gasteiger partial charge in [0.1, 0.15) is 11.4 Å². The Labute approximate surface area is 128 Å². The number of benzene rings is 1. The molecule has 1 aromatic carbocycles. The summed E-state index contributed by atoms with van der Waals surface area (Å²) in [6.07, 6.45) is -0.224. The van der Waals surface area contributed by atoms with Crippen molar-refractivity contribution in [3.05, 3.63) is 35.1 Å². The minimum atomic E-state index is -1.24. The molecule has 0 heterocycles. The summed E-state index contributed by atoms with van der Waals surface area (Å²) in [7, 11) is 0. The number of carbonyl (C=O) groups is 2. The van der Waals surface area contributed by atoms with E-state index in [1.165, 1.54) is 6.07 Å². The van der Waals surface area contributed by atoms with E-state index in [4.69, 9.17) is 9.84 Å². The van der Waals surface area contributed by atoms with Crippen molar-refractivity contribution in [1.82, 2.24) is 5.32 Å². The Bertz CT molecular complexity index is 623. The first kappa shape index (κ1) is 17.5. The predicted octanol–water partition coefficient (Wildman–Crippen LogP) is 2.79. The lowest BCUT2D eigenvalue weighted by molar-refractivity contribution is 0.0528. The lowest BCUT2D eigenvalue weighted by Crippen LogP contribution is -2.32. The summed E-state index contributed by atoms with van der Waals surface area (Å²) in [5.74, 6) is 3.51. The number of carboxylic acid groups (broad SMARTS) is 1. The van der Waals surface area contributed by atoms with Gasteiger partial charge in [0.05, 0.1) is 5.56 Å². The molecule has 0 aliphatic heterocycles. The molecule has 0 aliphatic carbocycles. The van der Waals surface area contributed by atoms with Crippen LogP contribution in [0.2, 0.25) is 0 Å². The van der Waals surface area contributed by atoms with Crippen LogP contribution in [0.5, 0.6) is 0 Å². The number of rotatable bonds is 3. The molecule has 0 aromatic heterocycles.